The van der Waals surface area contributed by atoms with Crippen molar-refractivity contribution in [2.75, 3.05) is 5.32 Å². The maximum absolute atomic E-state index is 12.0. The van der Waals surface area contributed by atoms with Gasteiger partial charge in [-0.25, -0.2) is 0 Å². The van der Waals surface area contributed by atoms with Gasteiger partial charge in [0.2, 0.25) is 5.91 Å². The summed E-state index contributed by atoms with van der Waals surface area (Å²) in [6.07, 6.45) is 5.07. The number of carbonyl (C=O) groups is 1. The lowest BCUT2D eigenvalue weighted by Crippen LogP contribution is -2.24. The number of halogens is 1. The first-order chi connectivity index (χ1) is 9.06. The van der Waals surface area contributed by atoms with E-state index in [2.05, 4.69) is 5.32 Å². The highest BCUT2D eigenvalue weighted by molar-refractivity contribution is 6.31. The fourth-order valence-corrected chi connectivity index (χ4v) is 2.59. The Hall–Kier alpha value is -1.62. The van der Waals surface area contributed by atoms with Gasteiger partial charge in [-0.3, -0.25) is 14.9 Å². The Labute approximate surface area is 116 Å². The quantitative estimate of drug-likeness (QED) is 0.677. The van der Waals surface area contributed by atoms with Crippen LogP contribution in [0.3, 0.4) is 0 Å². The molecule has 0 heterocycles. The van der Waals surface area contributed by atoms with Crippen molar-refractivity contribution in [3.05, 3.63) is 33.3 Å². The number of nitrogens with zero attached hydrogens (tertiary/aromatic N) is 1. The van der Waals surface area contributed by atoms with Gasteiger partial charge < -0.3 is 5.32 Å². The molecule has 1 aliphatic rings. The Morgan fingerprint density at radius 3 is 2.58 bits per heavy atom. The first-order valence-corrected chi connectivity index (χ1v) is 6.70. The summed E-state index contributed by atoms with van der Waals surface area (Å²) in [6, 6.07) is 4.11. The summed E-state index contributed by atoms with van der Waals surface area (Å²) in [7, 11) is 0. The van der Waals surface area contributed by atoms with Gasteiger partial charge in [0.1, 0.15) is 0 Å². The number of nitro benzene ring substituents is 1. The van der Waals surface area contributed by atoms with Gasteiger partial charge in [-0.15, -0.1) is 0 Å². The molecule has 1 aliphatic carbocycles. The maximum atomic E-state index is 12.0. The van der Waals surface area contributed by atoms with Crippen LogP contribution in [0.5, 0.6) is 0 Å². The van der Waals surface area contributed by atoms with Crippen LogP contribution < -0.4 is 5.32 Å². The van der Waals surface area contributed by atoms with E-state index in [1.54, 1.807) is 0 Å². The average Bonchev–Trinajstić information content (AvgIpc) is 2.39. The number of nitro groups is 1. The lowest BCUT2D eigenvalue weighted by molar-refractivity contribution is -0.384. The number of carbonyl (C=O) groups excluding carboxylic acids is 1. The summed E-state index contributed by atoms with van der Waals surface area (Å²) in [4.78, 5) is 22.2. The Kier molecular flexibility index (Phi) is 4.37. The number of benzene rings is 1. The third-order valence-corrected chi connectivity index (χ3v) is 3.56. The third-order valence-electron chi connectivity index (χ3n) is 3.34. The Morgan fingerprint density at radius 1 is 1.26 bits per heavy atom. The van der Waals surface area contributed by atoms with Crippen molar-refractivity contribution in [1.29, 1.82) is 0 Å². The summed E-state index contributed by atoms with van der Waals surface area (Å²) in [5.41, 5.74) is 0.265. The number of rotatable bonds is 3. The molecule has 0 unspecified atom stereocenters. The molecule has 0 aromatic heterocycles. The van der Waals surface area contributed by atoms with Gasteiger partial charge in [0.15, 0.2) is 0 Å². The Bertz CT molecular complexity index is 499. The molecule has 5 nitrogen and oxygen atoms in total. The number of non-ortho nitro benzene ring substituents is 1. The minimum absolute atomic E-state index is 0.00628. The summed E-state index contributed by atoms with van der Waals surface area (Å²) >= 11 is 5.81. The standard InChI is InChI=1S/C13H15ClN2O3/c14-10-6-11(8-12(7-10)16(18)19)15-13(17)9-4-2-1-3-5-9/h6-9H,1-5H2,(H,15,17). The smallest absolute Gasteiger partial charge is 0.272 e. The van der Waals surface area contributed by atoms with E-state index in [0.717, 1.165) is 25.7 Å². The fourth-order valence-electron chi connectivity index (χ4n) is 2.36. The number of hydrogen-bond donors (Lipinski definition) is 1. The van der Waals surface area contributed by atoms with E-state index >= 15 is 0 Å². The van der Waals surface area contributed by atoms with E-state index in [-0.39, 0.29) is 22.5 Å². The molecular formula is C13H15ClN2O3. The Balaban J connectivity index is 2.09. The molecule has 0 radical (unpaired) electrons. The molecule has 1 aromatic carbocycles. The van der Waals surface area contributed by atoms with E-state index in [1.807, 2.05) is 0 Å². The van der Waals surface area contributed by atoms with E-state index in [4.69, 9.17) is 11.6 Å². The molecule has 1 fully saturated rings. The second-order valence-corrected chi connectivity index (χ2v) is 5.22. The van der Waals surface area contributed by atoms with E-state index in [9.17, 15) is 14.9 Å². The highest BCUT2D eigenvalue weighted by atomic mass is 35.5. The van der Waals surface area contributed by atoms with Gasteiger partial charge in [0.05, 0.1) is 4.92 Å². The van der Waals surface area contributed by atoms with Crippen LogP contribution in [0.25, 0.3) is 0 Å². The van der Waals surface area contributed by atoms with Gasteiger partial charge in [-0.1, -0.05) is 30.9 Å². The maximum Gasteiger partial charge on any atom is 0.272 e. The summed E-state index contributed by atoms with van der Waals surface area (Å²) in [6.45, 7) is 0. The monoisotopic (exact) mass is 282 g/mol. The predicted octanol–water partition coefficient (Wildman–Crippen LogP) is 3.77. The third kappa shape index (κ3) is 3.67. The van der Waals surface area contributed by atoms with Crippen LogP contribution in [-0.2, 0) is 4.79 Å². The molecule has 1 amide bonds. The van der Waals surface area contributed by atoms with Crippen molar-refractivity contribution in [1.82, 2.24) is 0 Å². The molecule has 1 aromatic rings. The normalized spacial score (nSPS) is 16.1. The summed E-state index contributed by atoms with van der Waals surface area (Å²) in [5.74, 6) is -0.0666. The first kappa shape index (κ1) is 13.8. The topological polar surface area (TPSA) is 72.2 Å². The second-order valence-electron chi connectivity index (χ2n) is 4.78. The lowest BCUT2D eigenvalue weighted by atomic mass is 9.88. The van der Waals surface area contributed by atoms with Crippen molar-refractivity contribution >= 4 is 28.9 Å². The van der Waals surface area contributed by atoms with Crippen LogP contribution in [-0.4, -0.2) is 10.8 Å². The van der Waals surface area contributed by atoms with E-state index in [1.165, 1.54) is 24.6 Å². The van der Waals surface area contributed by atoms with Crippen LogP contribution in [0, 0.1) is 16.0 Å². The molecule has 0 atom stereocenters. The predicted molar refractivity (Wildman–Crippen MR) is 73.3 cm³/mol. The van der Waals surface area contributed by atoms with E-state index < -0.39 is 4.92 Å². The molecular weight excluding hydrogens is 268 g/mol. The van der Waals surface area contributed by atoms with E-state index in [0.29, 0.717) is 5.69 Å². The average molecular weight is 283 g/mol. The molecule has 0 saturated heterocycles. The van der Waals surface area contributed by atoms with Crippen molar-refractivity contribution in [3.63, 3.8) is 0 Å². The van der Waals surface area contributed by atoms with Crippen LogP contribution >= 0.6 is 11.6 Å². The van der Waals surface area contributed by atoms with Crippen molar-refractivity contribution in [2.24, 2.45) is 5.92 Å². The number of amides is 1. The Morgan fingerprint density at radius 2 is 1.95 bits per heavy atom. The highest BCUT2D eigenvalue weighted by Crippen LogP contribution is 2.27. The first-order valence-electron chi connectivity index (χ1n) is 6.32. The van der Waals surface area contributed by atoms with Crippen LogP contribution in [0.1, 0.15) is 32.1 Å². The molecule has 1 N–H and O–H groups in total. The zero-order chi connectivity index (χ0) is 13.8. The van der Waals surface area contributed by atoms with Crippen molar-refractivity contribution < 1.29 is 9.72 Å². The molecule has 6 heteroatoms. The minimum Gasteiger partial charge on any atom is -0.326 e. The number of hydrogen-bond acceptors (Lipinski definition) is 3. The lowest BCUT2D eigenvalue weighted by Gasteiger charge is -2.20. The van der Waals surface area contributed by atoms with Gasteiger partial charge >= 0.3 is 0 Å². The molecule has 0 aliphatic heterocycles. The van der Waals surface area contributed by atoms with Crippen molar-refractivity contribution in [2.45, 2.75) is 32.1 Å². The minimum atomic E-state index is -0.526. The van der Waals surface area contributed by atoms with Gasteiger partial charge in [-0.2, -0.15) is 0 Å². The second kappa shape index (κ2) is 6.02. The molecule has 0 bridgehead atoms. The van der Waals surface area contributed by atoms with Crippen LogP contribution in [0.15, 0.2) is 18.2 Å². The molecule has 1 saturated carbocycles. The summed E-state index contributed by atoms with van der Waals surface area (Å²) < 4.78 is 0. The number of nitrogens with one attached hydrogen (secondary N) is 1. The largest absolute Gasteiger partial charge is 0.326 e. The van der Waals surface area contributed by atoms with Gasteiger partial charge in [-0.05, 0) is 18.9 Å². The van der Waals surface area contributed by atoms with Gasteiger partial charge in [0.25, 0.3) is 5.69 Å². The molecule has 2 rings (SSSR count). The number of anilines is 1. The molecule has 102 valence electrons. The van der Waals surface area contributed by atoms with Gasteiger partial charge in [0, 0.05) is 28.8 Å². The SMILES string of the molecule is O=C(Nc1cc(Cl)cc([N+](=O)[O-])c1)C1CCCCC1. The zero-order valence-corrected chi connectivity index (χ0v) is 11.2. The van der Waals surface area contributed by atoms with Crippen molar-refractivity contribution in [3.8, 4) is 0 Å². The van der Waals surface area contributed by atoms with Crippen LogP contribution in [0.4, 0.5) is 11.4 Å². The zero-order valence-electron chi connectivity index (χ0n) is 10.4. The highest BCUT2D eigenvalue weighted by Gasteiger charge is 2.21. The molecule has 19 heavy (non-hydrogen) atoms. The summed E-state index contributed by atoms with van der Waals surface area (Å²) in [5, 5.41) is 13.7. The fraction of sp³-hybridized carbons (Fsp3) is 0.462. The molecule has 0 spiro atoms. The van der Waals surface area contributed by atoms with Crippen LogP contribution in [0.2, 0.25) is 5.02 Å².